The second-order valence-electron chi connectivity index (χ2n) is 2.85. The van der Waals surface area contributed by atoms with Crippen molar-refractivity contribution < 1.29 is 14.7 Å². The number of aliphatic carboxylic acids is 1. The third kappa shape index (κ3) is 3.14. The zero-order valence-corrected chi connectivity index (χ0v) is 8.37. The highest BCUT2D eigenvalue weighted by Crippen LogP contribution is 2.01. The summed E-state index contributed by atoms with van der Waals surface area (Å²) in [6, 6.07) is -0.387. The Kier molecular flexibility index (Phi) is 3.58. The molecule has 1 aromatic heterocycles. The summed E-state index contributed by atoms with van der Waals surface area (Å²) in [4.78, 5) is 25.5. The molecule has 5 nitrogen and oxygen atoms in total. The monoisotopic (exact) mass is 214 g/mol. The van der Waals surface area contributed by atoms with Crippen molar-refractivity contribution in [3.8, 4) is 0 Å². The largest absolute Gasteiger partial charge is 0.481 e. The normalized spacial score (nSPS) is 12.1. The molecule has 0 aliphatic rings. The van der Waals surface area contributed by atoms with Gasteiger partial charge in [-0.25, -0.2) is 4.98 Å². The van der Waals surface area contributed by atoms with Crippen LogP contribution in [-0.2, 0) is 4.79 Å². The first-order chi connectivity index (χ1) is 6.59. The van der Waals surface area contributed by atoms with Gasteiger partial charge in [0.1, 0.15) is 5.69 Å². The van der Waals surface area contributed by atoms with Gasteiger partial charge in [-0.3, -0.25) is 9.59 Å². The Morgan fingerprint density at radius 3 is 2.93 bits per heavy atom. The van der Waals surface area contributed by atoms with E-state index >= 15 is 0 Å². The summed E-state index contributed by atoms with van der Waals surface area (Å²) in [6.45, 7) is 1.64. The fraction of sp³-hybridized carbons (Fsp3) is 0.375. The highest BCUT2D eigenvalue weighted by atomic mass is 32.1. The van der Waals surface area contributed by atoms with Gasteiger partial charge in [-0.15, -0.1) is 11.3 Å². The second kappa shape index (κ2) is 4.71. The molecule has 6 heteroatoms. The van der Waals surface area contributed by atoms with E-state index in [1.807, 2.05) is 0 Å². The number of aromatic nitrogens is 1. The van der Waals surface area contributed by atoms with Gasteiger partial charge in [0.15, 0.2) is 0 Å². The lowest BCUT2D eigenvalue weighted by molar-refractivity contribution is -0.137. The lowest BCUT2D eigenvalue weighted by atomic mass is 10.2. The van der Waals surface area contributed by atoms with E-state index in [1.165, 1.54) is 11.3 Å². The Hall–Kier alpha value is -1.43. The summed E-state index contributed by atoms with van der Waals surface area (Å²) in [7, 11) is 0. The standard InChI is InChI=1S/C8H10N2O3S/c1-5(2-7(11)12)10-8(13)6-3-14-4-9-6/h3-5H,2H2,1H3,(H,10,13)(H,11,12). The van der Waals surface area contributed by atoms with Gasteiger partial charge in [0.05, 0.1) is 11.9 Å². The van der Waals surface area contributed by atoms with Gasteiger partial charge < -0.3 is 10.4 Å². The van der Waals surface area contributed by atoms with Crippen LogP contribution in [-0.4, -0.2) is 28.0 Å². The van der Waals surface area contributed by atoms with Crippen molar-refractivity contribution in [3.63, 3.8) is 0 Å². The van der Waals surface area contributed by atoms with Crippen LogP contribution in [0, 0.1) is 0 Å². The second-order valence-corrected chi connectivity index (χ2v) is 3.56. The molecule has 0 radical (unpaired) electrons. The molecule has 0 saturated carbocycles. The van der Waals surface area contributed by atoms with Crippen LogP contribution in [0.2, 0.25) is 0 Å². The SMILES string of the molecule is CC(CC(=O)O)NC(=O)c1cscn1. The summed E-state index contributed by atoms with van der Waals surface area (Å²) in [6.07, 6.45) is -0.0874. The quantitative estimate of drug-likeness (QED) is 0.774. The summed E-state index contributed by atoms with van der Waals surface area (Å²) >= 11 is 1.32. The van der Waals surface area contributed by atoms with E-state index in [0.717, 1.165) is 0 Å². The number of rotatable bonds is 4. The molecule has 1 rings (SSSR count). The number of thiazole rings is 1. The maximum atomic E-state index is 11.3. The molecule has 14 heavy (non-hydrogen) atoms. The van der Waals surface area contributed by atoms with E-state index in [4.69, 9.17) is 5.11 Å². The van der Waals surface area contributed by atoms with Crippen LogP contribution in [0.1, 0.15) is 23.8 Å². The molecule has 0 aliphatic heterocycles. The number of nitrogens with one attached hydrogen (secondary N) is 1. The van der Waals surface area contributed by atoms with Crippen LogP contribution >= 0.6 is 11.3 Å². The fourth-order valence-electron chi connectivity index (χ4n) is 0.935. The lowest BCUT2D eigenvalue weighted by Gasteiger charge is -2.09. The average molecular weight is 214 g/mol. The number of nitrogens with zero attached hydrogens (tertiary/aromatic N) is 1. The highest BCUT2D eigenvalue weighted by Gasteiger charge is 2.13. The number of carboxylic acids is 1. The van der Waals surface area contributed by atoms with E-state index in [1.54, 1.807) is 17.8 Å². The zero-order valence-electron chi connectivity index (χ0n) is 7.56. The number of carboxylic acid groups (broad SMARTS) is 1. The molecule has 1 atom stereocenters. The van der Waals surface area contributed by atoms with Gasteiger partial charge >= 0.3 is 5.97 Å². The first-order valence-corrected chi connectivity index (χ1v) is 4.94. The van der Waals surface area contributed by atoms with Crippen molar-refractivity contribution in [2.24, 2.45) is 0 Å². The molecule has 1 amide bonds. The molecular formula is C8H10N2O3S. The average Bonchev–Trinajstić information content (AvgIpc) is 2.53. The highest BCUT2D eigenvalue weighted by molar-refractivity contribution is 7.07. The summed E-state index contributed by atoms with van der Waals surface area (Å²) in [5, 5.41) is 12.6. The molecule has 0 spiro atoms. The predicted octanol–water partition coefficient (Wildman–Crippen LogP) is 0.736. The van der Waals surface area contributed by atoms with Crippen LogP contribution in [0.3, 0.4) is 0 Å². The van der Waals surface area contributed by atoms with E-state index in [-0.39, 0.29) is 18.4 Å². The van der Waals surface area contributed by atoms with Gasteiger partial charge in [-0.1, -0.05) is 0 Å². The van der Waals surface area contributed by atoms with Crippen molar-refractivity contribution in [2.75, 3.05) is 0 Å². The van der Waals surface area contributed by atoms with E-state index in [0.29, 0.717) is 5.69 Å². The number of amides is 1. The minimum atomic E-state index is -0.934. The van der Waals surface area contributed by atoms with Crippen LogP contribution in [0.4, 0.5) is 0 Å². The molecule has 1 unspecified atom stereocenters. The number of hydrogen-bond acceptors (Lipinski definition) is 4. The van der Waals surface area contributed by atoms with Gasteiger partial charge in [0.25, 0.3) is 5.91 Å². The molecule has 0 fully saturated rings. The van der Waals surface area contributed by atoms with Crippen LogP contribution in [0.15, 0.2) is 10.9 Å². The molecule has 0 saturated heterocycles. The van der Waals surface area contributed by atoms with E-state index < -0.39 is 5.97 Å². The van der Waals surface area contributed by atoms with Crippen LogP contribution in [0.25, 0.3) is 0 Å². The Balaban J connectivity index is 2.45. The molecule has 2 N–H and O–H groups in total. The first-order valence-electron chi connectivity index (χ1n) is 4.00. The Bertz CT molecular complexity index is 323. The topological polar surface area (TPSA) is 79.3 Å². The maximum absolute atomic E-state index is 11.3. The Morgan fingerprint density at radius 1 is 1.71 bits per heavy atom. The van der Waals surface area contributed by atoms with Gasteiger partial charge in [-0.05, 0) is 6.92 Å². The molecule has 76 valence electrons. The molecule has 0 aliphatic carbocycles. The molecule has 1 aromatic rings. The Morgan fingerprint density at radius 2 is 2.43 bits per heavy atom. The fourth-order valence-corrected chi connectivity index (χ4v) is 1.47. The van der Waals surface area contributed by atoms with Crippen molar-refractivity contribution in [1.29, 1.82) is 0 Å². The van der Waals surface area contributed by atoms with Gasteiger partial charge in [0.2, 0.25) is 0 Å². The smallest absolute Gasteiger partial charge is 0.305 e. The summed E-state index contributed by atoms with van der Waals surface area (Å²) < 4.78 is 0. The summed E-state index contributed by atoms with van der Waals surface area (Å²) in [5.74, 6) is -1.27. The molecule has 1 heterocycles. The Labute approximate surface area is 84.8 Å². The van der Waals surface area contributed by atoms with Gasteiger partial charge in [-0.2, -0.15) is 0 Å². The maximum Gasteiger partial charge on any atom is 0.305 e. The molecule has 0 bridgehead atoms. The number of hydrogen-bond donors (Lipinski definition) is 2. The molecule has 0 aromatic carbocycles. The van der Waals surface area contributed by atoms with E-state index in [2.05, 4.69) is 10.3 Å². The van der Waals surface area contributed by atoms with Crippen LogP contribution in [0.5, 0.6) is 0 Å². The molecular weight excluding hydrogens is 204 g/mol. The number of carbonyl (C=O) groups excluding carboxylic acids is 1. The van der Waals surface area contributed by atoms with Crippen molar-refractivity contribution in [1.82, 2.24) is 10.3 Å². The third-order valence-corrected chi connectivity index (χ3v) is 2.11. The van der Waals surface area contributed by atoms with Crippen molar-refractivity contribution in [2.45, 2.75) is 19.4 Å². The first kappa shape index (κ1) is 10.6. The van der Waals surface area contributed by atoms with Crippen molar-refractivity contribution in [3.05, 3.63) is 16.6 Å². The third-order valence-electron chi connectivity index (χ3n) is 1.52. The minimum Gasteiger partial charge on any atom is -0.481 e. The van der Waals surface area contributed by atoms with Crippen molar-refractivity contribution >= 4 is 23.2 Å². The van der Waals surface area contributed by atoms with E-state index in [9.17, 15) is 9.59 Å². The predicted molar refractivity (Wildman–Crippen MR) is 51.3 cm³/mol. The number of carbonyl (C=O) groups is 2. The minimum absolute atomic E-state index is 0.0874. The van der Waals surface area contributed by atoms with Crippen LogP contribution < -0.4 is 5.32 Å². The zero-order chi connectivity index (χ0) is 10.6. The van der Waals surface area contributed by atoms with Gasteiger partial charge in [0, 0.05) is 11.4 Å². The summed E-state index contributed by atoms with van der Waals surface area (Å²) in [5.41, 5.74) is 1.88. The lowest BCUT2D eigenvalue weighted by Crippen LogP contribution is -2.34.